The third-order valence-electron chi connectivity index (χ3n) is 2.72. The minimum absolute atomic E-state index is 0.0379. The summed E-state index contributed by atoms with van der Waals surface area (Å²) in [6.07, 6.45) is 2.11. The molecule has 0 bridgehead atoms. The Labute approximate surface area is 117 Å². The van der Waals surface area contributed by atoms with Crippen LogP contribution in [0.5, 0.6) is 0 Å². The number of unbranched alkanes of at least 4 members (excludes halogenated alkanes) is 1. The zero-order valence-corrected chi connectivity index (χ0v) is 12.8. The average molecular weight is 313 g/mol. The first-order valence-corrected chi connectivity index (χ1v) is 7.14. The fourth-order valence-electron chi connectivity index (χ4n) is 1.58. The molecule has 0 spiro atoms. The van der Waals surface area contributed by atoms with Crippen LogP contribution in [0.2, 0.25) is 0 Å². The lowest BCUT2D eigenvalue weighted by molar-refractivity contribution is -0.121. The van der Waals surface area contributed by atoms with Crippen molar-refractivity contribution in [3.05, 3.63) is 28.2 Å². The number of aryl methyl sites for hydroxylation is 1. The maximum atomic E-state index is 11.8. The summed E-state index contributed by atoms with van der Waals surface area (Å²) in [5, 5.41) is 6.12. The number of nitrogens with one attached hydrogen (secondary N) is 2. The summed E-state index contributed by atoms with van der Waals surface area (Å²) in [5.41, 5.74) is 2.13. The van der Waals surface area contributed by atoms with Crippen LogP contribution < -0.4 is 10.6 Å². The molecule has 1 aromatic carbocycles. The highest BCUT2D eigenvalue weighted by Gasteiger charge is 2.12. The highest BCUT2D eigenvalue weighted by Crippen LogP contribution is 2.23. The van der Waals surface area contributed by atoms with E-state index in [1.165, 1.54) is 5.56 Å². The van der Waals surface area contributed by atoms with Gasteiger partial charge in [0, 0.05) is 16.7 Å². The number of hydrogen-bond acceptors (Lipinski definition) is 2. The zero-order valence-electron chi connectivity index (χ0n) is 11.2. The van der Waals surface area contributed by atoms with Crippen molar-refractivity contribution in [2.24, 2.45) is 0 Å². The number of carbonyl (C=O) groups is 1. The number of anilines is 1. The first-order valence-electron chi connectivity index (χ1n) is 6.35. The molecule has 1 rings (SSSR count). The lowest BCUT2D eigenvalue weighted by Crippen LogP contribution is -2.38. The van der Waals surface area contributed by atoms with Crippen LogP contribution in [0.1, 0.15) is 32.3 Å². The van der Waals surface area contributed by atoms with E-state index in [1.54, 1.807) is 0 Å². The van der Waals surface area contributed by atoms with Gasteiger partial charge in [0.15, 0.2) is 0 Å². The molecule has 1 unspecified atom stereocenters. The lowest BCUT2D eigenvalue weighted by atomic mass is 10.2. The van der Waals surface area contributed by atoms with E-state index >= 15 is 0 Å². The molecular weight excluding hydrogens is 292 g/mol. The molecular formula is C14H21BrN2O. The lowest BCUT2D eigenvalue weighted by Gasteiger charge is -2.16. The van der Waals surface area contributed by atoms with E-state index in [2.05, 4.69) is 33.5 Å². The fourth-order valence-corrected chi connectivity index (χ4v) is 2.19. The number of hydrogen-bond donors (Lipinski definition) is 2. The minimum atomic E-state index is -0.235. The normalized spacial score (nSPS) is 12.0. The Morgan fingerprint density at radius 2 is 2.17 bits per heavy atom. The first kappa shape index (κ1) is 15.0. The summed E-state index contributed by atoms with van der Waals surface area (Å²) >= 11 is 3.49. The quantitative estimate of drug-likeness (QED) is 0.790. The Hall–Kier alpha value is -1.03. The van der Waals surface area contributed by atoms with E-state index in [0.717, 1.165) is 29.5 Å². The third kappa shape index (κ3) is 4.69. The maximum absolute atomic E-state index is 11.8. The highest BCUT2D eigenvalue weighted by molar-refractivity contribution is 9.10. The molecule has 0 saturated carbocycles. The Kier molecular flexibility index (Phi) is 6.19. The van der Waals surface area contributed by atoms with Gasteiger partial charge in [0.1, 0.15) is 6.04 Å². The van der Waals surface area contributed by atoms with Crippen LogP contribution in [-0.2, 0) is 4.79 Å². The van der Waals surface area contributed by atoms with Crippen LogP contribution in [0, 0.1) is 6.92 Å². The zero-order chi connectivity index (χ0) is 13.5. The molecule has 0 heterocycles. The van der Waals surface area contributed by atoms with Crippen LogP contribution in [0.15, 0.2) is 22.7 Å². The van der Waals surface area contributed by atoms with Gasteiger partial charge in [-0.2, -0.15) is 0 Å². The standard InChI is InChI=1S/C14H21BrN2O/c1-4-5-8-16-14(18)11(3)17-13-7-6-10(2)9-12(13)15/h6-7,9,11,17H,4-5,8H2,1-3H3,(H,16,18). The predicted molar refractivity (Wildman–Crippen MR) is 79.9 cm³/mol. The fraction of sp³-hybridized carbons (Fsp3) is 0.500. The monoisotopic (exact) mass is 312 g/mol. The molecule has 1 aromatic rings. The van der Waals surface area contributed by atoms with Gasteiger partial charge in [0.2, 0.25) is 5.91 Å². The Balaban J connectivity index is 2.53. The van der Waals surface area contributed by atoms with Gasteiger partial charge >= 0.3 is 0 Å². The molecule has 4 heteroatoms. The van der Waals surface area contributed by atoms with Crippen LogP contribution in [0.25, 0.3) is 0 Å². The second-order valence-corrected chi connectivity index (χ2v) is 5.35. The number of benzene rings is 1. The number of carbonyl (C=O) groups excluding carboxylic acids is 1. The van der Waals surface area contributed by atoms with E-state index < -0.39 is 0 Å². The van der Waals surface area contributed by atoms with Crippen LogP contribution in [-0.4, -0.2) is 18.5 Å². The molecule has 1 atom stereocenters. The second kappa shape index (κ2) is 7.41. The second-order valence-electron chi connectivity index (χ2n) is 4.49. The summed E-state index contributed by atoms with van der Waals surface area (Å²) in [6.45, 7) is 6.76. The van der Waals surface area contributed by atoms with Crippen molar-refractivity contribution in [2.75, 3.05) is 11.9 Å². The van der Waals surface area contributed by atoms with Crippen molar-refractivity contribution < 1.29 is 4.79 Å². The SMILES string of the molecule is CCCCNC(=O)C(C)Nc1ccc(C)cc1Br. The molecule has 0 saturated heterocycles. The van der Waals surface area contributed by atoms with Gasteiger partial charge in [-0.25, -0.2) is 0 Å². The largest absolute Gasteiger partial charge is 0.373 e. The molecule has 0 fully saturated rings. The van der Waals surface area contributed by atoms with Gasteiger partial charge in [0.05, 0.1) is 0 Å². The number of amides is 1. The third-order valence-corrected chi connectivity index (χ3v) is 3.38. The van der Waals surface area contributed by atoms with Crippen LogP contribution in [0.4, 0.5) is 5.69 Å². The van der Waals surface area contributed by atoms with Gasteiger partial charge in [-0.3, -0.25) is 4.79 Å². The van der Waals surface area contributed by atoms with E-state index in [9.17, 15) is 4.79 Å². The Bertz CT molecular complexity index is 407. The van der Waals surface area contributed by atoms with Gasteiger partial charge in [-0.1, -0.05) is 19.4 Å². The molecule has 2 N–H and O–H groups in total. The average Bonchev–Trinajstić information content (AvgIpc) is 2.32. The number of rotatable bonds is 6. The van der Waals surface area contributed by atoms with Gasteiger partial charge < -0.3 is 10.6 Å². The summed E-state index contributed by atoms with van der Waals surface area (Å²) in [6, 6.07) is 5.80. The first-order chi connectivity index (χ1) is 8.54. The Morgan fingerprint density at radius 3 is 2.78 bits per heavy atom. The summed E-state index contributed by atoms with van der Waals surface area (Å²) in [5.74, 6) is 0.0379. The molecule has 1 amide bonds. The van der Waals surface area contributed by atoms with Gasteiger partial charge in [-0.15, -0.1) is 0 Å². The highest BCUT2D eigenvalue weighted by atomic mass is 79.9. The smallest absolute Gasteiger partial charge is 0.242 e. The molecule has 0 radical (unpaired) electrons. The molecule has 0 aromatic heterocycles. The van der Waals surface area contributed by atoms with Crippen LogP contribution >= 0.6 is 15.9 Å². The van der Waals surface area contributed by atoms with Crippen molar-refractivity contribution in [2.45, 2.75) is 39.7 Å². The van der Waals surface area contributed by atoms with Gasteiger partial charge in [0.25, 0.3) is 0 Å². The van der Waals surface area contributed by atoms with E-state index in [4.69, 9.17) is 0 Å². The van der Waals surface area contributed by atoms with Crippen molar-refractivity contribution >= 4 is 27.5 Å². The van der Waals surface area contributed by atoms with Gasteiger partial charge in [-0.05, 0) is 53.9 Å². The molecule has 100 valence electrons. The van der Waals surface area contributed by atoms with Crippen molar-refractivity contribution in [3.63, 3.8) is 0 Å². The van der Waals surface area contributed by atoms with E-state index in [-0.39, 0.29) is 11.9 Å². The summed E-state index contributed by atoms with van der Waals surface area (Å²) in [7, 11) is 0. The van der Waals surface area contributed by atoms with Crippen LogP contribution in [0.3, 0.4) is 0 Å². The minimum Gasteiger partial charge on any atom is -0.373 e. The molecule has 0 aliphatic heterocycles. The number of halogens is 1. The Morgan fingerprint density at radius 1 is 1.44 bits per heavy atom. The molecule has 0 aliphatic rings. The topological polar surface area (TPSA) is 41.1 Å². The predicted octanol–water partition coefficient (Wildman–Crippen LogP) is 3.47. The summed E-state index contributed by atoms with van der Waals surface area (Å²) < 4.78 is 0.982. The maximum Gasteiger partial charge on any atom is 0.242 e. The van der Waals surface area contributed by atoms with Crippen molar-refractivity contribution in [3.8, 4) is 0 Å². The molecule has 18 heavy (non-hydrogen) atoms. The summed E-state index contributed by atoms with van der Waals surface area (Å²) in [4.78, 5) is 11.8. The molecule has 3 nitrogen and oxygen atoms in total. The van der Waals surface area contributed by atoms with E-state index in [0.29, 0.717) is 0 Å². The molecule has 0 aliphatic carbocycles. The van der Waals surface area contributed by atoms with Crippen molar-refractivity contribution in [1.82, 2.24) is 5.32 Å². The van der Waals surface area contributed by atoms with Crippen molar-refractivity contribution in [1.29, 1.82) is 0 Å². The van der Waals surface area contributed by atoms with E-state index in [1.807, 2.05) is 32.0 Å².